The Bertz CT molecular complexity index is 1040. The monoisotopic (exact) mass is 417 g/mol. The van der Waals surface area contributed by atoms with Gasteiger partial charge < -0.3 is 19.5 Å². The van der Waals surface area contributed by atoms with Crippen LogP contribution in [0.3, 0.4) is 0 Å². The predicted molar refractivity (Wildman–Crippen MR) is 123 cm³/mol. The molecule has 31 heavy (non-hydrogen) atoms. The van der Waals surface area contributed by atoms with Crippen molar-refractivity contribution in [1.29, 1.82) is 0 Å². The molecule has 0 bridgehead atoms. The first-order valence-corrected chi connectivity index (χ1v) is 9.99. The van der Waals surface area contributed by atoms with Gasteiger partial charge in [0.25, 0.3) is 5.91 Å². The molecule has 0 radical (unpaired) electrons. The van der Waals surface area contributed by atoms with Gasteiger partial charge >= 0.3 is 0 Å². The number of carbonyl (C=O) groups is 1. The van der Waals surface area contributed by atoms with Gasteiger partial charge in [0, 0.05) is 5.57 Å². The average Bonchev–Trinajstić information content (AvgIpc) is 2.82. The second-order valence-electron chi connectivity index (χ2n) is 7.01. The molecular formula is C26H27NO4. The van der Waals surface area contributed by atoms with E-state index < -0.39 is 0 Å². The van der Waals surface area contributed by atoms with Crippen molar-refractivity contribution in [2.75, 3.05) is 21.3 Å². The first-order valence-electron chi connectivity index (χ1n) is 9.99. The summed E-state index contributed by atoms with van der Waals surface area (Å²) in [5.74, 6) is 1.88. The van der Waals surface area contributed by atoms with Crippen molar-refractivity contribution in [2.24, 2.45) is 0 Å². The maximum absolute atomic E-state index is 13.3. The number of benzene rings is 3. The van der Waals surface area contributed by atoms with Crippen molar-refractivity contribution < 1.29 is 19.0 Å². The minimum Gasteiger partial charge on any atom is -0.497 e. The maximum Gasteiger partial charge on any atom is 0.252 e. The number of carbonyl (C=O) groups excluding carboxylic acids is 1. The van der Waals surface area contributed by atoms with Crippen LogP contribution >= 0.6 is 0 Å². The van der Waals surface area contributed by atoms with Crippen LogP contribution in [0.15, 0.2) is 72.8 Å². The Hall–Kier alpha value is -3.73. The lowest BCUT2D eigenvalue weighted by molar-refractivity contribution is -0.116. The molecule has 0 aliphatic carbocycles. The van der Waals surface area contributed by atoms with E-state index in [0.717, 1.165) is 22.4 Å². The molecule has 1 N–H and O–H groups in total. The van der Waals surface area contributed by atoms with Gasteiger partial charge in [0.05, 0.1) is 27.4 Å². The summed E-state index contributed by atoms with van der Waals surface area (Å²) in [5, 5.41) is 3.10. The maximum atomic E-state index is 13.3. The van der Waals surface area contributed by atoms with Crippen LogP contribution in [0.4, 0.5) is 0 Å². The first-order chi connectivity index (χ1) is 15.0. The van der Waals surface area contributed by atoms with Gasteiger partial charge in [-0.25, -0.2) is 0 Å². The topological polar surface area (TPSA) is 56.8 Å². The van der Waals surface area contributed by atoms with E-state index in [0.29, 0.717) is 17.1 Å². The van der Waals surface area contributed by atoms with E-state index in [1.165, 1.54) is 0 Å². The largest absolute Gasteiger partial charge is 0.497 e. The van der Waals surface area contributed by atoms with Crippen molar-refractivity contribution in [3.05, 3.63) is 89.5 Å². The molecule has 3 aromatic rings. The molecule has 1 atom stereocenters. The van der Waals surface area contributed by atoms with Gasteiger partial charge in [-0.3, -0.25) is 4.79 Å². The molecule has 0 fully saturated rings. The Kier molecular flexibility index (Phi) is 7.33. The van der Waals surface area contributed by atoms with Gasteiger partial charge in [-0.15, -0.1) is 0 Å². The Balaban J connectivity index is 1.89. The van der Waals surface area contributed by atoms with Crippen LogP contribution in [-0.2, 0) is 4.79 Å². The van der Waals surface area contributed by atoms with Gasteiger partial charge in [-0.1, -0.05) is 48.5 Å². The summed E-state index contributed by atoms with van der Waals surface area (Å²) in [6.45, 7) is 1.94. The van der Waals surface area contributed by atoms with E-state index in [-0.39, 0.29) is 11.9 Å². The third-order valence-electron chi connectivity index (χ3n) is 5.01. The summed E-state index contributed by atoms with van der Waals surface area (Å²) in [4.78, 5) is 13.3. The molecule has 0 saturated carbocycles. The molecule has 3 rings (SSSR count). The summed E-state index contributed by atoms with van der Waals surface area (Å²) < 4.78 is 15.9. The number of rotatable bonds is 8. The minimum absolute atomic E-state index is 0.163. The van der Waals surface area contributed by atoms with Crippen LogP contribution in [0.25, 0.3) is 11.6 Å². The lowest BCUT2D eigenvalue weighted by Gasteiger charge is -2.18. The highest BCUT2D eigenvalue weighted by atomic mass is 16.5. The molecule has 0 unspecified atom stereocenters. The number of hydrogen-bond donors (Lipinski definition) is 1. The number of hydrogen-bond acceptors (Lipinski definition) is 4. The lowest BCUT2D eigenvalue weighted by Crippen LogP contribution is -2.27. The molecule has 0 heterocycles. The molecule has 0 aliphatic heterocycles. The Morgan fingerprint density at radius 1 is 0.839 bits per heavy atom. The fourth-order valence-corrected chi connectivity index (χ4v) is 3.24. The molecule has 1 amide bonds. The van der Waals surface area contributed by atoms with Gasteiger partial charge in [0.2, 0.25) is 0 Å². The summed E-state index contributed by atoms with van der Waals surface area (Å²) in [6, 6.07) is 22.6. The van der Waals surface area contributed by atoms with Crippen LogP contribution in [0.1, 0.15) is 29.7 Å². The SMILES string of the molecule is COc1ccc(/C=C(/C(=O)N[C@H](C)c2ccc(OC)c(OC)c2)c2ccccc2)cc1. The molecule has 0 aromatic heterocycles. The van der Waals surface area contributed by atoms with Crippen LogP contribution in [0.5, 0.6) is 17.2 Å². The Morgan fingerprint density at radius 2 is 1.52 bits per heavy atom. The van der Waals surface area contributed by atoms with Crippen LogP contribution in [-0.4, -0.2) is 27.2 Å². The summed E-state index contributed by atoms with van der Waals surface area (Å²) in [6.07, 6.45) is 1.88. The molecule has 3 aromatic carbocycles. The fourth-order valence-electron chi connectivity index (χ4n) is 3.24. The van der Waals surface area contributed by atoms with Crippen LogP contribution < -0.4 is 19.5 Å². The van der Waals surface area contributed by atoms with E-state index in [4.69, 9.17) is 14.2 Å². The van der Waals surface area contributed by atoms with E-state index in [2.05, 4.69) is 5.32 Å². The minimum atomic E-state index is -0.227. The van der Waals surface area contributed by atoms with Crippen LogP contribution in [0, 0.1) is 0 Å². The van der Waals surface area contributed by atoms with E-state index in [1.54, 1.807) is 21.3 Å². The fraction of sp³-hybridized carbons (Fsp3) is 0.192. The highest BCUT2D eigenvalue weighted by Crippen LogP contribution is 2.30. The highest BCUT2D eigenvalue weighted by Gasteiger charge is 2.17. The van der Waals surface area contributed by atoms with Gasteiger partial charge in [-0.2, -0.15) is 0 Å². The number of ether oxygens (including phenoxy) is 3. The summed E-state index contributed by atoms with van der Waals surface area (Å²) in [7, 11) is 4.82. The van der Waals surface area contributed by atoms with Gasteiger partial charge in [0.15, 0.2) is 11.5 Å². The second-order valence-corrected chi connectivity index (χ2v) is 7.01. The number of methoxy groups -OCH3 is 3. The number of nitrogens with one attached hydrogen (secondary N) is 1. The molecule has 0 aliphatic rings. The van der Waals surface area contributed by atoms with Crippen molar-refractivity contribution in [1.82, 2.24) is 5.32 Å². The predicted octanol–water partition coefficient (Wildman–Crippen LogP) is 5.13. The quantitative estimate of drug-likeness (QED) is 0.408. The van der Waals surface area contributed by atoms with Crippen LogP contribution in [0.2, 0.25) is 0 Å². The molecule has 0 spiro atoms. The highest BCUT2D eigenvalue weighted by molar-refractivity contribution is 6.24. The molecular weight excluding hydrogens is 390 g/mol. The summed E-state index contributed by atoms with van der Waals surface area (Å²) >= 11 is 0. The van der Waals surface area contributed by atoms with Crippen molar-refractivity contribution in [3.63, 3.8) is 0 Å². The van der Waals surface area contributed by atoms with Crippen molar-refractivity contribution in [3.8, 4) is 17.2 Å². The normalized spacial score (nSPS) is 12.1. The number of amides is 1. The van der Waals surface area contributed by atoms with Crippen molar-refractivity contribution in [2.45, 2.75) is 13.0 Å². The van der Waals surface area contributed by atoms with E-state index in [9.17, 15) is 4.79 Å². The van der Waals surface area contributed by atoms with E-state index in [1.807, 2.05) is 85.8 Å². The second kappa shape index (κ2) is 10.3. The Morgan fingerprint density at radius 3 is 2.13 bits per heavy atom. The Labute approximate surface area is 183 Å². The van der Waals surface area contributed by atoms with Gasteiger partial charge in [0.1, 0.15) is 5.75 Å². The third-order valence-corrected chi connectivity index (χ3v) is 5.01. The summed E-state index contributed by atoms with van der Waals surface area (Å²) in [5.41, 5.74) is 3.25. The first kappa shape index (κ1) is 22.0. The molecule has 5 heteroatoms. The zero-order valence-corrected chi connectivity index (χ0v) is 18.2. The lowest BCUT2D eigenvalue weighted by atomic mass is 10.0. The van der Waals surface area contributed by atoms with Gasteiger partial charge in [-0.05, 0) is 54.0 Å². The molecule has 0 saturated heterocycles. The average molecular weight is 418 g/mol. The standard InChI is InChI=1S/C26H27NO4/c1-18(21-12-15-24(30-3)25(17-21)31-4)27-26(28)23(20-8-6-5-7-9-20)16-19-10-13-22(29-2)14-11-19/h5-18H,1-4H3,(H,27,28)/b23-16+/t18-/m1/s1. The van der Waals surface area contributed by atoms with E-state index >= 15 is 0 Å². The zero-order chi connectivity index (χ0) is 22.2. The molecule has 5 nitrogen and oxygen atoms in total. The zero-order valence-electron chi connectivity index (χ0n) is 18.2. The molecule has 160 valence electrons. The third kappa shape index (κ3) is 5.45. The smallest absolute Gasteiger partial charge is 0.252 e. The van der Waals surface area contributed by atoms with Crippen molar-refractivity contribution >= 4 is 17.6 Å².